The number of nitro benzene ring substituents is 1. The van der Waals surface area contributed by atoms with Gasteiger partial charge in [-0.05, 0) is 34.4 Å². The van der Waals surface area contributed by atoms with E-state index in [2.05, 4.69) is 36.4 Å². The first-order valence-electron chi connectivity index (χ1n) is 16.1. The summed E-state index contributed by atoms with van der Waals surface area (Å²) >= 11 is 0. The Morgan fingerprint density at radius 1 is 0.653 bits per heavy atom. The zero-order valence-corrected chi connectivity index (χ0v) is 27.4. The smallest absolute Gasteiger partial charge is 0.269 e. The van der Waals surface area contributed by atoms with Gasteiger partial charge in [0.2, 0.25) is 6.29 Å². The van der Waals surface area contributed by atoms with Crippen molar-refractivity contribution in [3.8, 4) is 5.75 Å². The third-order valence-electron chi connectivity index (χ3n) is 8.73. The van der Waals surface area contributed by atoms with E-state index in [9.17, 15) is 10.1 Å². The first kappa shape index (κ1) is 34.0. The summed E-state index contributed by atoms with van der Waals surface area (Å²) in [6, 6.07) is 46.0. The van der Waals surface area contributed by atoms with Crippen LogP contribution >= 0.6 is 0 Å². The predicted octanol–water partition coefficient (Wildman–Crippen LogP) is 7.32. The van der Waals surface area contributed by atoms with Gasteiger partial charge < -0.3 is 28.4 Å². The molecule has 0 N–H and O–H groups in total. The fourth-order valence-corrected chi connectivity index (χ4v) is 6.35. The summed E-state index contributed by atoms with van der Waals surface area (Å²) in [7, 11) is 3.18. The molecule has 1 saturated heterocycles. The second-order valence-electron chi connectivity index (χ2n) is 11.7. The quantitative estimate of drug-likeness (QED) is 0.0694. The highest BCUT2D eigenvalue weighted by Crippen LogP contribution is 2.41. The number of rotatable bonds is 14. The molecular weight excluding hydrogens is 622 g/mol. The number of nitrogens with zero attached hydrogens (tertiary/aromatic N) is 1. The number of ether oxygens (including phenoxy) is 6. The average molecular weight is 662 g/mol. The Bertz CT molecular complexity index is 1640. The lowest BCUT2D eigenvalue weighted by Gasteiger charge is -2.46. The Kier molecular flexibility index (Phi) is 11.1. The highest BCUT2D eigenvalue weighted by molar-refractivity contribution is 5.47. The number of hydrogen-bond donors (Lipinski definition) is 0. The lowest BCUT2D eigenvalue weighted by Crippen LogP contribution is -2.62. The molecule has 0 radical (unpaired) electrons. The van der Waals surface area contributed by atoms with E-state index in [0.29, 0.717) is 12.4 Å². The molecule has 0 spiro atoms. The Hall–Kier alpha value is -4.90. The zero-order chi connectivity index (χ0) is 34.1. The Morgan fingerprint density at radius 3 is 1.61 bits per heavy atom. The van der Waals surface area contributed by atoms with E-state index in [0.717, 1.165) is 22.3 Å². The first-order valence-corrected chi connectivity index (χ1v) is 16.1. The van der Waals surface area contributed by atoms with Gasteiger partial charge in [0.25, 0.3) is 5.69 Å². The van der Waals surface area contributed by atoms with Crippen LogP contribution in [-0.2, 0) is 35.9 Å². The van der Waals surface area contributed by atoms with Crippen LogP contribution in [0.15, 0.2) is 146 Å². The zero-order valence-electron chi connectivity index (χ0n) is 27.4. The molecule has 0 aliphatic carbocycles. The van der Waals surface area contributed by atoms with Gasteiger partial charge in [-0.25, -0.2) is 0 Å². The van der Waals surface area contributed by atoms with Gasteiger partial charge in [0.1, 0.15) is 35.8 Å². The number of hydrogen-bond acceptors (Lipinski definition) is 8. The normalized spacial score (nSPS) is 20.8. The van der Waals surface area contributed by atoms with Gasteiger partial charge in [-0.1, -0.05) is 121 Å². The molecule has 0 unspecified atom stereocenters. The molecule has 6 rings (SSSR count). The Labute approximate surface area is 286 Å². The van der Waals surface area contributed by atoms with Crippen LogP contribution in [-0.4, -0.2) is 56.5 Å². The molecule has 0 amide bonds. The van der Waals surface area contributed by atoms with Crippen LogP contribution in [0.25, 0.3) is 0 Å². The third-order valence-corrected chi connectivity index (χ3v) is 8.73. The minimum Gasteiger partial charge on any atom is -0.462 e. The summed E-state index contributed by atoms with van der Waals surface area (Å²) in [6.07, 6.45) is -3.63. The molecule has 5 aromatic rings. The van der Waals surface area contributed by atoms with E-state index in [4.69, 9.17) is 28.4 Å². The van der Waals surface area contributed by atoms with E-state index in [1.807, 2.05) is 84.9 Å². The van der Waals surface area contributed by atoms with E-state index in [1.165, 1.54) is 24.3 Å². The molecule has 252 valence electrons. The van der Waals surface area contributed by atoms with Crippen LogP contribution in [0.1, 0.15) is 22.3 Å². The summed E-state index contributed by atoms with van der Waals surface area (Å²) in [5.74, 6) is 0.377. The van der Waals surface area contributed by atoms with Crippen LogP contribution in [0.2, 0.25) is 0 Å². The summed E-state index contributed by atoms with van der Waals surface area (Å²) in [6.45, 7) is 0.379. The first-order chi connectivity index (χ1) is 24.0. The number of nitro groups is 1. The van der Waals surface area contributed by atoms with Crippen LogP contribution < -0.4 is 4.74 Å². The van der Waals surface area contributed by atoms with Gasteiger partial charge in [0.05, 0.1) is 18.1 Å². The van der Waals surface area contributed by atoms with Crippen LogP contribution in [0, 0.1) is 10.1 Å². The molecular formula is C40H39NO8. The summed E-state index contributed by atoms with van der Waals surface area (Å²) in [4.78, 5) is 10.8. The summed E-state index contributed by atoms with van der Waals surface area (Å²) < 4.78 is 38.8. The van der Waals surface area contributed by atoms with Crippen LogP contribution in [0.4, 0.5) is 5.69 Å². The van der Waals surface area contributed by atoms with Crippen molar-refractivity contribution in [3.05, 3.63) is 178 Å². The van der Waals surface area contributed by atoms with Gasteiger partial charge in [-0.3, -0.25) is 10.1 Å². The van der Waals surface area contributed by atoms with Crippen LogP contribution in [0.5, 0.6) is 5.75 Å². The molecule has 49 heavy (non-hydrogen) atoms. The molecule has 0 bridgehead atoms. The lowest BCUT2D eigenvalue weighted by atomic mass is 9.80. The van der Waals surface area contributed by atoms with Gasteiger partial charge >= 0.3 is 0 Å². The highest BCUT2D eigenvalue weighted by atomic mass is 16.7. The van der Waals surface area contributed by atoms with Crippen molar-refractivity contribution in [2.45, 2.75) is 42.9 Å². The lowest BCUT2D eigenvalue weighted by molar-refractivity contribution is -0.384. The van der Waals surface area contributed by atoms with E-state index < -0.39 is 41.2 Å². The molecule has 1 heterocycles. The molecule has 5 aromatic carbocycles. The van der Waals surface area contributed by atoms with Crippen molar-refractivity contribution >= 4 is 5.69 Å². The molecule has 0 aromatic heterocycles. The fourth-order valence-electron chi connectivity index (χ4n) is 6.35. The Morgan fingerprint density at radius 2 is 1.14 bits per heavy atom. The van der Waals surface area contributed by atoms with Crippen molar-refractivity contribution in [1.82, 2.24) is 0 Å². The van der Waals surface area contributed by atoms with Gasteiger partial charge in [0.15, 0.2) is 0 Å². The maximum atomic E-state index is 11.3. The predicted molar refractivity (Wildman–Crippen MR) is 184 cm³/mol. The molecule has 1 aliphatic heterocycles. The van der Waals surface area contributed by atoms with E-state index >= 15 is 0 Å². The monoisotopic (exact) mass is 661 g/mol. The van der Waals surface area contributed by atoms with E-state index in [-0.39, 0.29) is 12.3 Å². The summed E-state index contributed by atoms with van der Waals surface area (Å²) in [5, 5.41) is 11.3. The highest BCUT2D eigenvalue weighted by Gasteiger charge is 2.50. The standard InChI is InChI=1S/C40H39NO8/c1-44-36-35(28-47-40(30-17-9-4-10-18-30,31-19-11-5-12-20-31)32-21-13-6-14-22-32)49-39(48-34-25-23-33(24-26-34)41(42)43)38(45-2)37(36)46-27-29-15-7-3-8-16-29/h3-26,35-39H,27-28H2,1-2H3/t35-,36+,37+,38-,39+/m1/s1. The third kappa shape index (κ3) is 7.57. The minimum absolute atomic E-state index is 0.0472. The van der Waals surface area contributed by atoms with Gasteiger partial charge in [0, 0.05) is 26.4 Å². The van der Waals surface area contributed by atoms with Crippen molar-refractivity contribution in [2.24, 2.45) is 0 Å². The SMILES string of the molecule is CO[C@@H]1[C@H](OCc2ccccc2)[C@@H](OC)[C@@H](Oc2ccc([N+](=O)[O-])cc2)O[C@@H]1COC(c1ccccc1)(c1ccccc1)c1ccccc1. The van der Waals surface area contributed by atoms with Gasteiger partial charge in [-0.2, -0.15) is 0 Å². The number of benzene rings is 5. The van der Waals surface area contributed by atoms with Crippen molar-refractivity contribution < 1.29 is 33.3 Å². The average Bonchev–Trinajstić information content (AvgIpc) is 3.16. The molecule has 0 saturated carbocycles. The minimum atomic E-state index is -1.00. The van der Waals surface area contributed by atoms with Crippen molar-refractivity contribution in [1.29, 1.82) is 0 Å². The summed E-state index contributed by atoms with van der Waals surface area (Å²) in [5.41, 5.74) is 2.77. The maximum absolute atomic E-state index is 11.3. The number of non-ortho nitro benzene ring substituents is 1. The largest absolute Gasteiger partial charge is 0.462 e. The Balaban J connectivity index is 1.37. The molecule has 9 heteroatoms. The van der Waals surface area contributed by atoms with Crippen LogP contribution in [0.3, 0.4) is 0 Å². The molecule has 9 nitrogen and oxygen atoms in total. The molecule has 5 atom stereocenters. The van der Waals surface area contributed by atoms with Crippen molar-refractivity contribution in [2.75, 3.05) is 20.8 Å². The maximum Gasteiger partial charge on any atom is 0.269 e. The van der Waals surface area contributed by atoms with E-state index in [1.54, 1.807) is 14.2 Å². The van der Waals surface area contributed by atoms with Gasteiger partial charge in [-0.15, -0.1) is 0 Å². The van der Waals surface area contributed by atoms with Crippen molar-refractivity contribution in [3.63, 3.8) is 0 Å². The second kappa shape index (κ2) is 16.0. The number of methoxy groups -OCH3 is 2. The molecule has 1 fully saturated rings. The second-order valence-corrected chi connectivity index (χ2v) is 11.7. The fraction of sp³-hybridized carbons (Fsp3) is 0.250. The molecule has 1 aliphatic rings. The topological polar surface area (TPSA) is 98.5 Å².